The van der Waals surface area contributed by atoms with E-state index in [-0.39, 0.29) is 11.7 Å². The number of fused-ring (bicyclic) bond motifs is 3. The van der Waals surface area contributed by atoms with Crippen LogP contribution in [-0.2, 0) is 26.0 Å². The first-order valence-corrected chi connectivity index (χ1v) is 13.9. The summed E-state index contributed by atoms with van der Waals surface area (Å²) in [6, 6.07) is 18.4. The van der Waals surface area contributed by atoms with Gasteiger partial charge in [0.2, 0.25) is 16.8 Å². The molecule has 3 aromatic carbocycles. The average molecular weight is 558 g/mol. The van der Waals surface area contributed by atoms with E-state index in [4.69, 9.17) is 24.3 Å². The van der Waals surface area contributed by atoms with Crippen molar-refractivity contribution < 1.29 is 32.2 Å². The third-order valence-electron chi connectivity index (χ3n) is 6.68. The van der Waals surface area contributed by atoms with Gasteiger partial charge in [-0.2, -0.15) is 0 Å². The molecule has 1 aliphatic carbocycles. The fraction of sp³-hybridized carbons (Fsp3) is 0.138. The molecule has 40 heavy (non-hydrogen) atoms. The van der Waals surface area contributed by atoms with Crippen molar-refractivity contribution in [3.05, 3.63) is 89.1 Å². The number of carbonyl (C=O) groups is 2. The molecule has 6 rings (SSSR count). The smallest absolute Gasteiger partial charge is 0.339 e. The van der Waals surface area contributed by atoms with E-state index in [1.54, 1.807) is 0 Å². The molecule has 11 heteroatoms. The maximum absolute atomic E-state index is 13.4. The van der Waals surface area contributed by atoms with Gasteiger partial charge in [0.1, 0.15) is 0 Å². The Morgan fingerprint density at radius 2 is 1.77 bits per heavy atom. The van der Waals surface area contributed by atoms with E-state index in [1.807, 2.05) is 48.5 Å². The molecule has 0 saturated carbocycles. The van der Waals surface area contributed by atoms with Crippen molar-refractivity contribution in [2.75, 3.05) is 18.7 Å². The van der Waals surface area contributed by atoms with Crippen molar-refractivity contribution in [2.45, 2.75) is 17.7 Å². The van der Waals surface area contributed by atoms with Gasteiger partial charge in [0.05, 0.1) is 21.7 Å². The standard InChI is InChI=1S/C29H23N3O7S/c30-40(35,36)20-9-7-19(8-10-20)31-26(33)15-37-29(34)27-21-3-1-2-4-23(21)32-28-18(6-11-22(27)28)13-17-5-12-24-25(14-17)39-16-38-24/h1-5,7-10,12-14H,6,11,15-16H2,(H,31,33)(H2,30,35,36). The fourth-order valence-electron chi connectivity index (χ4n) is 4.84. The Kier molecular flexibility index (Phi) is 6.45. The molecule has 0 spiro atoms. The average Bonchev–Trinajstić information content (AvgIpc) is 3.57. The third-order valence-corrected chi connectivity index (χ3v) is 7.61. The normalized spacial score (nSPS) is 14.8. The highest BCUT2D eigenvalue weighted by molar-refractivity contribution is 7.89. The van der Waals surface area contributed by atoms with Crippen LogP contribution in [0.3, 0.4) is 0 Å². The lowest BCUT2D eigenvalue weighted by Gasteiger charge is -2.12. The maximum Gasteiger partial charge on any atom is 0.339 e. The molecule has 0 atom stereocenters. The largest absolute Gasteiger partial charge is 0.454 e. The van der Waals surface area contributed by atoms with E-state index in [0.29, 0.717) is 46.5 Å². The van der Waals surface area contributed by atoms with Gasteiger partial charge in [-0.3, -0.25) is 4.79 Å². The van der Waals surface area contributed by atoms with Crippen LogP contribution in [0.25, 0.3) is 22.6 Å². The SMILES string of the molecule is NS(=O)(=O)c1ccc(NC(=O)COC(=O)c2c3c(nc4ccccc24)C(=Cc2ccc4c(c2)OCO4)CC3)cc1. The second-order valence-electron chi connectivity index (χ2n) is 9.31. The van der Waals surface area contributed by atoms with Crippen molar-refractivity contribution in [3.63, 3.8) is 0 Å². The molecule has 0 saturated heterocycles. The Hall–Kier alpha value is -4.74. The first-order chi connectivity index (χ1) is 19.3. The van der Waals surface area contributed by atoms with Gasteiger partial charge in [0.15, 0.2) is 18.1 Å². The molecule has 1 aliphatic heterocycles. The molecule has 2 heterocycles. The van der Waals surface area contributed by atoms with Crippen LogP contribution in [-0.4, -0.2) is 38.7 Å². The number of carbonyl (C=O) groups excluding carboxylic acids is 2. The molecule has 1 aromatic heterocycles. The van der Waals surface area contributed by atoms with Crippen LogP contribution in [0, 0.1) is 0 Å². The minimum absolute atomic E-state index is 0.0812. The van der Waals surface area contributed by atoms with Crippen molar-refractivity contribution in [1.82, 2.24) is 4.98 Å². The zero-order chi connectivity index (χ0) is 27.9. The van der Waals surface area contributed by atoms with E-state index in [2.05, 4.69) is 5.32 Å². The molecular formula is C29H23N3O7S. The van der Waals surface area contributed by atoms with Gasteiger partial charge >= 0.3 is 5.97 Å². The van der Waals surface area contributed by atoms with Gasteiger partial charge < -0.3 is 19.5 Å². The van der Waals surface area contributed by atoms with Crippen LogP contribution >= 0.6 is 0 Å². The van der Waals surface area contributed by atoms with E-state index in [9.17, 15) is 18.0 Å². The number of nitrogens with two attached hydrogens (primary N) is 1. The molecule has 0 unspecified atom stereocenters. The molecule has 202 valence electrons. The molecule has 10 nitrogen and oxygen atoms in total. The number of rotatable bonds is 6. The number of anilines is 1. The highest BCUT2D eigenvalue weighted by Gasteiger charge is 2.28. The molecule has 4 aromatic rings. The first kappa shape index (κ1) is 25.5. The number of hydrogen-bond donors (Lipinski definition) is 2. The number of para-hydroxylation sites is 1. The number of pyridine rings is 1. The van der Waals surface area contributed by atoms with E-state index >= 15 is 0 Å². The zero-order valence-corrected chi connectivity index (χ0v) is 21.9. The maximum atomic E-state index is 13.4. The van der Waals surface area contributed by atoms with Crippen molar-refractivity contribution in [2.24, 2.45) is 5.14 Å². The Morgan fingerprint density at radius 3 is 2.58 bits per heavy atom. The van der Waals surface area contributed by atoms with Crippen LogP contribution in [0.4, 0.5) is 5.69 Å². The number of amides is 1. The molecule has 0 bridgehead atoms. The van der Waals surface area contributed by atoms with Crippen molar-refractivity contribution in [1.29, 1.82) is 0 Å². The van der Waals surface area contributed by atoms with Crippen LogP contribution in [0.1, 0.15) is 33.6 Å². The summed E-state index contributed by atoms with van der Waals surface area (Å²) in [6.45, 7) is -0.332. The summed E-state index contributed by atoms with van der Waals surface area (Å²) in [5, 5.41) is 8.32. The lowest BCUT2D eigenvalue weighted by atomic mass is 10.0. The summed E-state index contributed by atoms with van der Waals surface area (Å²) in [4.78, 5) is 30.6. The zero-order valence-electron chi connectivity index (χ0n) is 21.0. The summed E-state index contributed by atoms with van der Waals surface area (Å²) in [5.74, 6) is 0.184. The fourth-order valence-corrected chi connectivity index (χ4v) is 5.36. The second kappa shape index (κ2) is 10.1. The summed E-state index contributed by atoms with van der Waals surface area (Å²) < 4.78 is 39.2. The van der Waals surface area contributed by atoms with Gasteiger partial charge in [-0.1, -0.05) is 24.3 Å². The predicted molar refractivity (Wildman–Crippen MR) is 147 cm³/mol. The Balaban J connectivity index is 1.24. The van der Waals surface area contributed by atoms with Crippen LogP contribution in [0.5, 0.6) is 11.5 Å². The number of nitrogens with one attached hydrogen (secondary N) is 1. The minimum Gasteiger partial charge on any atom is -0.454 e. The van der Waals surface area contributed by atoms with Gasteiger partial charge in [0, 0.05) is 11.1 Å². The van der Waals surface area contributed by atoms with Gasteiger partial charge in [-0.15, -0.1) is 0 Å². The number of nitrogens with zero attached hydrogens (tertiary/aromatic N) is 1. The number of sulfonamides is 1. The summed E-state index contributed by atoms with van der Waals surface area (Å²) in [7, 11) is -3.85. The molecule has 3 N–H and O–H groups in total. The Bertz CT molecular complexity index is 1820. The van der Waals surface area contributed by atoms with Crippen LogP contribution in [0.15, 0.2) is 71.6 Å². The number of esters is 1. The monoisotopic (exact) mass is 557 g/mol. The predicted octanol–water partition coefficient (Wildman–Crippen LogP) is 3.89. The van der Waals surface area contributed by atoms with Crippen LogP contribution in [0.2, 0.25) is 0 Å². The Labute approximate surface area is 229 Å². The highest BCUT2D eigenvalue weighted by Crippen LogP contribution is 2.39. The van der Waals surface area contributed by atoms with E-state index in [0.717, 1.165) is 22.4 Å². The van der Waals surface area contributed by atoms with E-state index in [1.165, 1.54) is 24.3 Å². The highest BCUT2D eigenvalue weighted by atomic mass is 32.2. The number of aromatic nitrogens is 1. The molecule has 0 fully saturated rings. The lowest BCUT2D eigenvalue weighted by Crippen LogP contribution is -2.22. The van der Waals surface area contributed by atoms with Gasteiger partial charge in [-0.25, -0.2) is 23.3 Å². The molecule has 1 amide bonds. The quantitative estimate of drug-likeness (QED) is 0.340. The summed E-state index contributed by atoms with van der Waals surface area (Å²) in [5.41, 5.74) is 4.78. The van der Waals surface area contributed by atoms with Crippen LogP contribution < -0.4 is 19.9 Å². The van der Waals surface area contributed by atoms with Gasteiger partial charge in [0.25, 0.3) is 5.91 Å². The topological polar surface area (TPSA) is 147 Å². The first-order valence-electron chi connectivity index (χ1n) is 12.4. The number of primary sulfonamides is 1. The second-order valence-corrected chi connectivity index (χ2v) is 10.9. The number of allylic oxidation sites excluding steroid dienone is 1. The minimum atomic E-state index is -3.85. The third kappa shape index (κ3) is 4.99. The summed E-state index contributed by atoms with van der Waals surface area (Å²) >= 11 is 0. The van der Waals surface area contributed by atoms with Crippen molar-refractivity contribution in [3.8, 4) is 11.5 Å². The lowest BCUT2D eigenvalue weighted by molar-refractivity contribution is -0.119. The number of benzene rings is 3. The van der Waals surface area contributed by atoms with E-state index < -0.39 is 28.5 Å². The summed E-state index contributed by atoms with van der Waals surface area (Å²) in [6.07, 6.45) is 3.30. The number of ether oxygens (including phenoxy) is 3. The van der Waals surface area contributed by atoms with Crippen molar-refractivity contribution >= 4 is 50.1 Å². The van der Waals surface area contributed by atoms with Gasteiger partial charge in [-0.05, 0) is 78.1 Å². The number of hydrogen-bond acceptors (Lipinski definition) is 8. The molecule has 2 aliphatic rings. The Morgan fingerprint density at radius 1 is 1.00 bits per heavy atom. The molecular weight excluding hydrogens is 534 g/mol. The molecule has 0 radical (unpaired) electrons.